The molecule has 0 aliphatic carbocycles. The first kappa shape index (κ1) is 22.0. The predicted octanol–water partition coefficient (Wildman–Crippen LogP) is 4.25. The average Bonchev–Trinajstić information content (AvgIpc) is 2.74. The Bertz CT molecular complexity index is 976. The van der Waals surface area contributed by atoms with Crippen molar-refractivity contribution < 1.29 is 17.9 Å². The monoisotopic (exact) mass is 454 g/mol. The van der Waals surface area contributed by atoms with Gasteiger partial charge in [0.25, 0.3) is 0 Å². The molecule has 0 unspecified atom stereocenters. The molecule has 1 fully saturated rings. The molecule has 2 aromatic carbocycles. The molecule has 156 valence electrons. The van der Waals surface area contributed by atoms with Crippen LogP contribution in [0, 0.1) is 0 Å². The number of anilines is 1. The highest BCUT2D eigenvalue weighted by Gasteiger charge is 2.28. The topological polar surface area (TPSA) is 75.7 Å². The molecule has 1 aliphatic heterocycles. The minimum atomic E-state index is -3.68. The molecular weight excluding hydrogens is 432 g/mol. The van der Waals surface area contributed by atoms with Gasteiger partial charge in [0.1, 0.15) is 10.6 Å². The van der Waals surface area contributed by atoms with Crippen LogP contribution in [-0.4, -0.2) is 44.6 Å². The number of rotatable bonds is 7. The summed E-state index contributed by atoms with van der Waals surface area (Å²) in [4.78, 5) is 13.3. The number of carbonyl (C=O) groups is 1. The molecule has 3 rings (SSSR count). The molecule has 1 aliphatic rings. The Morgan fingerprint density at radius 3 is 2.66 bits per heavy atom. The lowest BCUT2D eigenvalue weighted by molar-refractivity contribution is -0.113. The molecule has 0 atom stereocenters. The number of amides is 1. The van der Waals surface area contributed by atoms with Gasteiger partial charge in [0, 0.05) is 23.7 Å². The molecule has 2 aromatic rings. The summed E-state index contributed by atoms with van der Waals surface area (Å²) in [7, 11) is -2.09. The molecule has 1 heterocycles. The zero-order chi connectivity index (χ0) is 20.9. The maximum atomic E-state index is 12.9. The summed E-state index contributed by atoms with van der Waals surface area (Å²) in [6, 6.07) is 12.0. The molecule has 0 radical (unpaired) electrons. The lowest BCUT2D eigenvalue weighted by Gasteiger charge is -2.26. The summed E-state index contributed by atoms with van der Waals surface area (Å²) in [6.45, 7) is 0.985. The molecule has 9 heteroatoms. The lowest BCUT2D eigenvalue weighted by Crippen LogP contribution is -2.35. The first-order valence-electron chi connectivity index (χ1n) is 9.26. The molecule has 0 saturated carbocycles. The molecule has 0 aromatic heterocycles. The van der Waals surface area contributed by atoms with E-state index in [-0.39, 0.29) is 21.6 Å². The van der Waals surface area contributed by atoms with Crippen molar-refractivity contribution in [3.8, 4) is 5.75 Å². The Labute approximate surface area is 180 Å². The van der Waals surface area contributed by atoms with Gasteiger partial charge in [0.2, 0.25) is 15.9 Å². The van der Waals surface area contributed by atoms with Gasteiger partial charge >= 0.3 is 0 Å². The maximum Gasteiger partial charge on any atom is 0.244 e. The van der Waals surface area contributed by atoms with Crippen molar-refractivity contribution in [1.82, 2.24) is 4.31 Å². The van der Waals surface area contributed by atoms with Crippen LogP contribution >= 0.6 is 23.4 Å². The van der Waals surface area contributed by atoms with Crippen LogP contribution in [0.3, 0.4) is 0 Å². The largest absolute Gasteiger partial charge is 0.497 e. The van der Waals surface area contributed by atoms with Gasteiger partial charge in [-0.25, -0.2) is 8.42 Å². The summed E-state index contributed by atoms with van der Waals surface area (Å²) >= 11 is 7.54. The number of halogens is 1. The van der Waals surface area contributed by atoms with Gasteiger partial charge in [-0.15, -0.1) is 11.8 Å². The Kier molecular flexibility index (Phi) is 7.45. The Morgan fingerprint density at radius 2 is 1.93 bits per heavy atom. The summed E-state index contributed by atoms with van der Waals surface area (Å²) in [6.07, 6.45) is 2.71. The second-order valence-corrected chi connectivity index (χ2v) is 9.99. The van der Waals surface area contributed by atoms with Crippen LogP contribution in [0.25, 0.3) is 0 Å². The van der Waals surface area contributed by atoms with Gasteiger partial charge in [-0.05, 0) is 49.2 Å². The minimum absolute atomic E-state index is 0.0271. The van der Waals surface area contributed by atoms with Gasteiger partial charge in [-0.2, -0.15) is 4.31 Å². The zero-order valence-corrected chi connectivity index (χ0v) is 18.4. The van der Waals surface area contributed by atoms with E-state index in [0.717, 1.165) is 29.9 Å². The molecule has 1 saturated heterocycles. The van der Waals surface area contributed by atoms with Crippen LogP contribution < -0.4 is 10.1 Å². The molecule has 6 nitrogen and oxygen atoms in total. The summed E-state index contributed by atoms with van der Waals surface area (Å²) in [5, 5.41) is 2.90. The number of thioether (sulfide) groups is 1. The van der Waals surface area contributed by atoms with E-state index < -0.39 is 10.0 Å². The van der Waals surface area contributed by atoms with Crippen molar-refractivity contribution in [3.63, 3.8) is 0 Å². The number of sulfonamides is 1. The van der Waals surface area contributed by atoms with Gasteiger partial charge in [0.05, 0.1) is 17.9 Å². The number of hydrogen-bond acceptors (Lipinski definition) is 5. The van der Waals surface area contributed by atoms with Gasteiger partial charge in [-0.1, -0.05) is 24.1 Å². The molecule has 0 spiro atoms. The Hall–Kier alpha value is -1.74. The van der Waals surface area contributed by atoms with Crippen molar-refractivity contribution in [2.24, 2.45) is 0 Å². The first-order chi connectivity index (χ1) is 13.9. The lowest BCUT2D eigenvalue weighted by atomic mass is 10.2. The van der Waals surface area contributed by atoms with Crippen molar-refractivity contribution in [2.45, 2.75) is 29.1 Å². The number of benzene rings is 2. The minimum Gasteiger partial charge on any atom is -0.497 e. The number of nitrogens with one attached hydrogen (secondary N) is 1. The number of nitrogens with zero attached hydrogens (tertiary/aromatic N) is 1. The van der Waals surface area contributed by atoms with Crippen molar-refractivity contribution in [1.29, 1.82) is 0 Å². The fourth-order valence-electron chi connectivity index (χ4n) is 3.06. The normalized spacial score (nSPS) is 15.1. The van der Waals surface area contributed by atoms with Gasteiger partial charge in [-0.3, -0.25) is 4.79 Å². The van der Waals surface area contributed by atoms with E-state index in [9.17, 15) is 13.2 Å². The van der Waals surface area contributed by atoms with Crippen LogP contribution in [0.15, 0.2) is 52.3 Å². The predicted molar refractivity (Wildman–Crippen MR) is 116 cm³/mol. The molecular formula is C20H23ClN2O4S2. The van der Waals surface area contributed by atoms with Crippen LogP contribution in [0.4, 0.5) is 5.69 Å². The SMILES string of the molecule is COc1cccc(SCC(=O)Nc2ccc(Cl)c(S(=O)(=O)N3CCCCC3)c2)c1. The summed E-state index contributed by atoms with van der Waals surface area (Å²) in [5.74, 6) is 0.673. The highest BCUT2D eigenvalue weighted by atomic mass is 35.5. The van der Waals surface area contributed by atoms with Crippen molar-refractivity contribution in [2.75, 3.05) is 31.3 Å². The first-order valence-corrected chi connectivity index (χ1v) is 12.1. The van der Waals surface area contributed by atoms with Crippen LogP contribution in [0.5, 0.6) is 5.75 Å². The summed E-state index contributed by atoms with van der Waals surface area (Å²) < 4.78 is 32.5. The fourth-order valence-corrected chi connectivity index (χ4v) is 5.82. The number of ether oxygens (including phenoxy) is 1. The standard InChI is InChI=1S/C20H23ClN2O4S2/c1-27-16-6-5-7-17(13-16)28-14-20(24)22-15-8-9-18(21)19(12-15)29(25,26)23-10-3-2-4-11-23/h5-9,12-13H,2-4,10-11,14H2,1H3,(H,22,24). The van der Waals surface area contributed by atoms with E-state index in [1.807, 2.05) is 24.3 Å². The molecule has 29 heavy (non-hydrogen) atoms. The number of carbonyl (C=O) groups excluding carboxylic acids is 1. The van der Waals surface area contributed by atoms with Crippen molar-refractivity contribution in [3.05, 3.63) is 47.5 Å². The highest BCUT2D eigenvalue weighted by molar-refractivity contribution is 8.00. The quantitative estimate of drug-likeness (QED) is 0.633. The zero-order valence-electron chi connectivity index (χ0n) is 16.1. The number of methoxy groups -OCH3 is 1. The average molecular weight is 455 g/mol. The third-order valence-corrected chi connectivity index (χ3v) is 7.93. The molecule has 1 N–H and O–H groups in total. The molecule has 0 bridgehead atoms. The third kappa shape index (κ3) is 5.66. The Balaban J connectivity index is 1.68. The van der Waals surface area contributed by atoms with E-state index in [0.29, 0.717) is 18.8 Å². The maximum absolute atomic E-state index is 12.9. The smallest absolute Gasteiger partial charge is 0.244 e. The number of hydrogen-bond donors (Lipinski definition) is 1. The Morgan fingerprint density at radius 1 is 1.17 bits per heavy atom. The van der Waals surface area contributed by atoms with E-state index in [1.54, 1.807) is 13.2 Å². The van der Waals surface area contributed by atoms with Gasteiger partial charge in [0.15, 0.2) is 0 Å². The van der Waals surface area contributed by atoms with Crippen LogP contribution in [-0.2, 0) is 14.8 Å². The summed E-state index contributed by atoms with van der Waals surface area (Å²) in [5.41, 5.74) is 0.404. The highest BCUT2D eigenvalue weighted by Crippen LogP contribution is 2.30. The number of piperidine rings is 1. The van der Waals surface area contributed by atoms with Crippen molar-refractivity contribution >= 4 is 45.0 Å². The second kappa shape index (κ2) is 9.84. The van der Waals surface area contributed by atoms with Crippen LogP contribution in [0.2, 0.25) is 5.02 Å². The van der Waals surface area contributed by atoms with Crippen LogP contribution in [0.1, 0.15) is 19.3 Å². The second-order valence-electron chi connectivity index (χ2n) is 6.63. The van der Waals surface area contributed by atoms with E-state index in [4.69, 9.17) is 16.3 Å². The molecule has 1 amide bonds. The fraction of sp³-hybridized carbons (Fsp3) is 0.350. The van der Waals surface area contributed by atoms with E-state index in [2.05, 4.69) is 5.32 Å². The third-order valence-electron chi connectivity index (χ3n) is 4.56. The van der Waals surface area contributed by atoms with Gasteiger partial charge < -0.3 is 10.1 Å². The van der Waals surface area contributed by atoms with E-state index in [1.165, 1.54) is 28.2 Å². The van der Waals surface area contributed by atoms with E-state index >= 15 is 0 Å².